The highest BCUT2D eigenvalue weighted by atomic mass is 32.1. The molecule has 61 valence electrons. The summed E-state index contributed by atoms with van der Waals surface area (Å²) in [7, 11) is 0. The van der Waals surface area contributed by atoms with Gasteiger partial charge in [-0.1, -0.05) is 18.2 Å². The number of fused-ring (bicyclic) bond motifs is 2. The van der Waals surface area contributed by atoms with Crippen molar-refractivity contribution >= 4 is 32.5 Å². The van der Waals surface area contributed by atoms with E-state index in [1.165, 1.54) is 10.8 Å². The van der Waals surface area contributed by atoms with E-state index in [0.29, 0.717) is 0 Å². The van der Waals surface area contributed by atoms with Crippen LogP contribution in [0.25, 0.3) is 21.1 Å². The highest BCUT2D eigenvalue weighted by Crippen LogP contribution is 2.22. The number of aromatic nitrogens is 1. The van der Waals surface area contributed by atoms with Crippen LogP contribution in [0.4, 0.5) is 0 Å². The Balaban J connectivity index is 2.57. The van der Waals surface area contributed by atoms with Crippen molar-refractivity contribution in [3.8, 4) is 0 Å². The average molecular weight is 184 g/mol. The van der Waals surface area contributed by atoms with E-state index in [-0.39, 0.29) is 0 Å². The van der Waals surface area contributed by atoms with Gasteiger partial charge in [0.1, 0.15) is 4.83 Å². The Hall–Kier alpha value is -1.41. The summed E-state index contributed by atoms with van der Waals surface area (Å²) in [5.41, 5.74) is 1.06. The van der Waals surface area contributed by atoms with Gasteiger partial charge in [-0.3, -0.25) is 0 Å². The van der Waals surface area contributed by atoms with Gasteiger partial charge in [-0.2, -0.15) is 0 Å². The zero-order valence-electron chi connectivity index (χ0n) is 6.82. The number of rotatable bonds is 0. The van der Waals surface area contributed by atoms with E-state index < -0.39 is 0 Å². The van der Waals surface area contributed by atoms with Crippen molar-refractivity contribution in [1.29, 1.82) is 0 Å². The summed E-state index contributed by atoms with van der Waals surface area (Å²) < 4.78 is 0. The minimum Gasteiger partial charge on any atom is -0.237 e. The third-order valence-electron chi connectivity index (χ3n) is 2.09. The van der Waals surface area contributed by atoms with Crippen molar-refractivity contribution in [2.24, 2.45) is 0 Å². The lowest BCUT2D eigenvalue weighted by Crippen LogP contribution is -1.76. The van der Waals surface area contributed by atoms with Crippen molar-refractivity contribution in [2.45, 2.75) is 0 Å². The zero-order valence-corrected chi connectivity index (χ0v) is 7.64. The molecule has 0 saturated carbocycles. The van der Waals surface area contributed by atoms with Crippen LogP contribution in [0.15, 0.2) is 36.4 Å². The Kier molecular flexibility index (Phi) is 1.37. The summed E-state index contributed by atoms with van der Waals surface area (Å²) in [4.78, 5) is 5.59. The topological polar surface area (TPSA) is 12.9 Å². The minimum atomic E-state index is 1.06. The van der Waals surface area contributed by atoms with Crippen LogP contribution in [0, 0.1) is 5.38 Å². The Morgan fingerprint density at radius 3 is 3.08 bits per heavy atom. The Morgan fingerprint density at radius 1 is 1.15 bits per heavy atom. The second kappa shape index (κ2) is 2.54. The van der Waals surface area contributed by atoms with Gasteiger partial charge >= 0.3 is 0 Å². The van der Waals surface area contributed by atoms with Gasteiger partial charge in [0.2, 0.25) is 0 Å². The summed E-state index contributed by atoms with van der Waals surface area (Å²) >= 11 is 1.57. The molecule has 0 saturated heterocycles. The first-order chi connectivity index (χ1) is 6.43. The number of para-hydroxylation sites is 1. The molecule has 0 bridgehead atoms. The number of hydrogen-bond acceptors (Lipinski definition) is 2. The second-order valence-electron chi connectivity index (χ2n) is 2.94. The molecule has 0 aliphatic heterocycles. The van der Waals surface area contributed by atoms with E-state index in [0.717, 1.165) is 10.3 Å². The van der Waals surface area contributed by atoms with Crippen molar-refractivity contribution in [2.75, 3.05) is 0 Å². The third-order valence-corrected chi connectivity index (χ3v) is 2.84. The quantitative estimate of drug-likeness (QED) is 0.522. The Bertz CT molecular complexity index is 519. The van der Waals surface area contributed by atoms with Gasteiger partial charge in [0.05, 0.1) is 5.52 Å². The molecule has 13 heavy (non-hydrogen) atoms. The SMILES string of the molecule is [c]1cc2cc3ccccc3nc2s1. The standard InChI is InChI=1S/C11H6NS/c1-2-4-10-8(3-1)7-9-5-6-13-11(9)12-10/h1-5,7H. The molecule has 3 aromatic rings. The molecule has 2 heteroatoms. The fourth-order valence-corrected chi connectivity index (χ4v) is 2.13. The summed E-state index contributed by atoms with van der Waals surface area (Å²) in [6.07, 6.45) is 0. The second-order valence-corrected chi connectivity index (χ2v) is 3.77. The van der Waals surface area contributed by atoms with Gasteiger partial charge in [0, 0.05) is 16.2 Å². The summed E-state index contributed by atoms with van der Waals surface area (Å²) in [6.45, 7) is 0. The maximum absolute atomic E-state index is 4.52. The smallest absolute Gasteiger partial charge is 0.124 e. The fraction of sp³-hybridized carbons (Fsp3) is 0. The van der Waals surface area contributed by atoms with Gasteiger partial charge < -0.3 is 0 Å². The van der Waals surface area contributed by atoms with E-state index in [1.807, 2.05) is 24.3 Å². The fourth-order valence-electron chi connectivity index (χ4n) is 1.45. The number of pyridine rings is 1. The van der Waals surface area contributed by atoms with E-state index in [4.69, 9.17) is 0 Å². The normalized spacial score (nSPS) is 11.1. The number of nitrogens with zero attached hydrogens (tertiary/aromatic N) is 1. The van der Waals surface area contributed by atoms with Crippen molar-refractivity contribution in [1.82, 2.24) is 4.98 Å². The van der Waals surface area contributed by atoms with Crippen LogP contribution >= 0.6 is 11.3 Å². The van der Waals surface area contributed by atoms with Gasteiger partial charge in [-0.15, -0.1) is 11.3 Å². The number of thiophene rings is 1. The predicted molar refractivity (Wildman–Crippen MR) is 56.0 cm³/mol. The highest BCUT2D eigenvalue weighted by molar-refractivity contribution is 7.16. The number of hydrogen-bond donors (Lipinski definition) is 0. The van der Waals surface area contributed by atoms with Crippen LogP contribution in [0.1, 0.15) is 0 Å². The van der Waals surface area contributed by atoms with Crippen molar-refractivity contribution in [3.63, 3.8) is 0 Å². The van der Waals surface area contributed by atoms with Crippen molar-refractivity contribution in [3.05, 3.63) is 41.8 Å². The molecule has 3 rings (SSSR count). The molecule has 2 heterocycles. The maximum atomic E-state index is 4.52. The molecule has 0 unspecified atom stereocenters. The van der Waals surface area contributed by atoms with E-state index in [1.54, 1.807) is 11.3 Å². The van der Waals surface area contributed by atoms with Gasteiger partial charge in [-0.05, 0) is 18.2 Å². The van der Waals surface area contributed by atoms with Gasteiger partial charge in [0.25, 0.3) is 0 Å². The van der Waals surface area contributed by atoms with Gasteiger partial charge in [0.15, 0.2) is 0 Å². The minimum absolute atomic E-state index is 1.06. The van der Waals surface area contributed by atoms with E-state index in [2.05, 4.69) is 22.5 Å². The monoisotopic (exact) mass is 184 g/mol. The van der Waals surface area contributed by atoms with Crippen LogP contribution < -0.4 is 0 Å². The molecule has 0 fully saturated rings. The van der Waals surface area contributed by atoms with E-state index in [9.17, 15) is 0 Å². The lowest BCUT2D eigenvalue weighted by Gasteiger charge is -1.95. The molecular weight excluding hydrogens is 178 g/mol. The summed E-state index contributed by atoms with van der Waals surface area (Å²) in [6, 6.07) is 12.3. The van der Waals surface area contributed by atoms with Crippen LogP contribution in [-0.4, -0.2) is 4.98 Å². The zero-order chi connectivity index (χ0) is 8.67. The van der Waals surface area contributed by atoms with Crippen LogP contribution in [0.3, 0.4) is 0 Å². The first kappa shape index (κ1) is 7.04. The number of benzene rings is 1. The molecule has 0 spiro atoms. The molecule has 0 atom stereocenters. The molecule has 0 aliphatic rings. The third kappa shape index (κ3) is 1.03. The summed E-state index contributed by atoms with van der Waals surface area (Å²) in [5, 5.41) is 5.47. The van der Waals surface area contributed by atoms with Gasteiger partial charge in [-0.25, -0.2) is 4.98 Å². The lowest BCUT2D eigenvalue weighted by atomic mass is 10.2. The maximum Gasteiger partial charge on any atom is 0.124 e. The van der Waals surface area contributed by atoms with Crippen LogP contribution in [-0.2, 0) is 0 Å². The molecule has 2 aromatic heterocycles. The molecule has 1 radical (unpaired) electrons. The summed E-state index contributed by atoms with van der Waals surface area (Å²) in [5.74, 6) is 0. The molecule has 0 aliphatic carbocycles. The molecule has 0 N–H and O–H groups in total. The van der Waals surface area contributed by atoms with Crippen LogP contribution in [0.2, 0.25) is 0 Å². The average Bonchev–Trinajstić information content (AvgIpc) is 2.61. The predicted octanol–water partition coefficient (Wildman–Crippen LogP) is 3.25. The Labute approximate surface area is 79.7 Å². The lowest BCUT2D eigenvalue weighted by molar-refractivity contribution is 1.54. The highest BCUT2D eigenvalue weighted by Gasteiger charge is 1.98. The van der Waals surface area contributed by atoms with Crippen molar-refractivity contribution < 1.29 is 0 Å². The molecule has 0 amide bonds. The first-order valence-corrected chi connectivity index (χ1v) is 4.90. The first-order valence-electron chi connectivity index (χ1n) is 4.09. The Morgan fingerprint density at radius 2 is 2.08 bits per heavy atom. The van der Waals surface area contributed by atoms with Crippen LogP contribution in [0.5, 0.6) is 0 Å². The molecule has 1 aromatic carbocycles. The van der Waals surface area contributed by atoms with E-state index >= 15 is 0 Å². The largest absolute Gasteiger partial charge is 0.237 e. The molecule has 1 nitrogen and oxygen atoms in total. The molecular formula is C11H6NS.